The zero-order valence-electron chi connectivity index (χ0n) is 14.0. The monoisotopic (exact) mass is 318 g/mol. The van der Waals surface area contributed by atoms with Crippen molar-refractivity contribution >= 4 is 5.91 Å². The first-order valence-corrected chi connectivity index (χ1v) is 8.86. The molecule has 0 radical (unpaired) electrons. The van der Waals surface area contributed by atoms with Crippen LogP contribution in [0.4, 0.5) is 4.39 Å². The molecule has 0 spiro atoms. The predicted octanol–water partition coefficient (Wildman–Crippen LogP) is 3.09. The van der Waals surface area contributed by atoms with Crippen molar-refractivity contribution in [2.75, 3.05) is 26.7 Å². The van der Waals surface area contributed by atoms with E-state index in [-0.39, 0.29) is 11.7 Å². The van der Waals surface area contributed by atoms with Crippen LogP contribution in [0.2, 0.25) is 0 Å². The number of rotatable bonds is 3. The normalized spacial score (nSPS) is 23.9. The molecule has 4 heteroatoms. The largest absolute Gasteiger partial charge is 0.342 e. The van der Waals surface area contributed by atoms with E-state index in [1.54, 1.807) is 6.07 Å². The van der Waals surface area contributed by atoms with Crippen LogP contribution in [-0.4, -0.2) is 48.4 Å². The smallest absolute Gasteiger partial charge is 0.226 e. The molecule has 2 aliphatic heterocycles. The maximum Gasteiger partial charge on any atom is 0.226 e. The summed E-state index contributed by atoms with van der Waals surface area (Å²) in [6.07, 6.45) is 6.48. The molecule has 23 heavy (non-hydrogen) atoms. The Bertz CT molecular complexity index is 540. The molecule has 2 saturated heterocycles. The lowest BCUT2D eigenvalue weighted by Crippen LogP contribution is -2.47. The quantitative estimate of drug-likeness (QED) is 0.855. The van der Waals surface area contributed by atoms with Crippen molar-refractivity contribution in [2.24, 2.45) is 5.92 Å². The van der Waals surface area contributed by atoms with Crippen LogP contribution in [0.1, 0.15) is 37.7 Å². The number of hydrogen-bond acceptors (Lipinski definition) is 2. The third-order valence-electron chi connectivity index (χ3n) is 5.51. The van der Waals surface area contributed by atoms with Gasteiger partial charge in [0, 0.05) is 19.1 Å². The molecule has 1 atom stereocenters. The number of hydrogen-bond donors (Lipinski definition) is 0. The van der Waals surface area contributed by atoms with Crippen molar-refractivity contribution in [1.82, 2.24) is 9.80 Å². The summed E-state index contributed by atoms with van der Waals surface area (Å²) in [5, 5.41) is 0. The van der Waals surface area contributed by atoms with Gasteiger partial charge < -0.3 is 9.80 Å². The second-order valence-electron chi connectivity index (χ2n) is 7.07. The van der Waals surface area contributed by atoms with Crippen LogP contribution in [0, 0.1) is 11.7 Å². The van der Waals surface area contributed by atoms with Gasteiger partial charge in [0.25, 0.3) is 0 Å². The number of likely N-dealkylation sites (tertiary alicyclic amines) is 2. The van der Waals surface area contributed by atoms with Gasteiger partial charge in [-0.1, -0.05) is 18.6 Å². The van der Waals surface area contributed by atoms with Crippen molar-refractivity contribution < 1.29 is 9.18 Å². The number of carbonyl (C=O) groups is 1. The Morgan fingerprint density at radius 3 is 2.65 bits per heavy atom. The average molecular weight is 318 g/mol. The Balaban J connectivity index is 1.51. The van der Waals surface area contributed by atoms with Gasteiger partial charge in [0.1, 0.15) is 5.82 Å². The Hall–Kier alpha value is -1.42. The van der Waals surface area contributed by atoms with Crippen molar-refractivity contribution in [3.8, 4) is 0 Å². The van der Waals surface area contributed by atoms with Gasteiger partial charge in [-0.15, -0.1) is 0 Å². The van der Waals surface area contributed by atoms with Crippen molar-refractivity contribution in [2.45, 2.75) is 44.6 Å². The van der Waals surface area contributed by atoms with Gasteiger partial charge in [0.2, 0.25) is 5.91 Å². The first-order chi connectivity index (χ1) is 11.1. The maximum absolute atomic E-state index is 13.2. The summed E-state index contributed by atoms with van der Waals surface area (Å²) in [5.41, 5.74) is 0.768. The molecule has 2 aliphatic rings. The molecule has 2 heterocycles. The molecule has 1 unspecified atom stereocenters. The minimum Gasteiger partial charge on any atom is -0.342 e. The van der Waals surface area contributed by atoms with E-state index in [1.165, 1.54) is 37.9 Å². The Morgan fingerprint density at radius 2 is 1.96 bits per heavy atom. The predicted molar refractivity (Wildman–Crippen MR) is 89.7 cm³/mol. The van der Waals surface area contributed by atoms with E-state index in [9.17, 15) is 9.18 Å². The molecule has 0 N–H and O–H groups in total. The first-order valence-electron chi connectivity index (χ1n) is 8.86. The van der Waals surface area contributed by atoms with Crippen LogP contribution in [0.3, 0.4) is 0 Å². The Labute approximate surface area is 138 Å². The molecule has 0 saturated carbocycles. The van der Waals surface area contributed by atoms with E-state index >= 15 is 0 Å². The lowest BCUT2D eigenvalue weighted by Gasteiger charge is -2.42. The van der Waals surface area contributed by atoms with Crippen LogP contribution in [0.15, 0.2) is 24.3 Å². The van der Waals surface area contributed by atoms with Gasteiger partial charge in [-0.2, -0.15) is 0 Å². The second kappa shape index (κ2) is 7.43. The number of carbonyl (C=O) groups excluding carboxylic acids is 1. The fourth-order valence-corrected chi connectivity index (χ4v) is 4.16. The Kier molecular flexibility index (Phi) is 5.31. The molecule has 1 aromatic rings. The molecule has 1 aromatic carbocycles. The number of amides is 1. The highest BCUT2D eigenvalue weighted by Crippen LogP contribution is 2.29. The SMILES string of the molecule is CN1CCCCC1C1CCN(C(=O)Cc2cccc(F)c2)CC1. The van der Waals surface area contributed by atoms with E-state index in [2.05, 4.69) is 11.9 Å². The van der Waals surface area contributed by atoms with E-state index in [4.69, 9.17) is 0 Å². The Morgan fingerprint density at radius 1 is 1.17 bits per heavy atom. The van der Waals surface area contributed by atoms with Crippen molar-refractivity contribution in [3.05, 3.63) is 35.6 Å². The summed E-state index contributed by atoms with van der Waals surface area (Å²) in [6, 6.07) is 7.07. The first kappa shape index (κ1) is 16.4. The zero-order valence-corrected chi connectivity index (χ0v) is 14.0. The van der Waals surface area contributed by atoms with Crippen LogP contribution >= 0.6 is 0 Å². The zero-order chi connectivity index (χ0) is 16.2. The van der Waals surface area contributed by atoms with Gasteiger partial charge in [0.05, 0.1) is 6.42 Å². The van der Waals surface area contributed by atoms with Crippen LogP contribution in [0.5, 0.6) is 0 Å². The highest BCUT2D eigenvalue weighted by Gasteiger charge is 2.31. The van der Waals surface area contributed by atoms with E-state index in [1.807, 2.05) is 11.0 Å². The number of nitrogens with zero attached hydrogens (tertiary/aromatic N) is 2. The molecule has 0 bridgehead atoms. The third-order valence-corrected chi connectivity index (χ3v) is 5.51. The summed E-state index contributed by atoms with van der Waals surface area (Å²) in [6.45, 7) is 2.91. The van der Waals surface area contributed by atoms with Gasteiger partial charge in [0.15, 0.2) is 0 Å². The highest BCUT2D eigenvalue weighted by molar-refractivity contribution is 5.78. The van der Waals surface area contributed by atoms with E-state index in [0.29, 0.717) is 12.5 Å². The number of piperidine rings is 2. The second-order valence-corrected chi connectivity index (χ2v) is 7.07. The summed E-state index contributed by atoms with van der Waals surface area (Å²) >= 11 is 0. The minimum atomic E-state index is -0.269. The molecule has 3 nitrogen and oxygen atoms in total. The fourth-order valence-electron chi connectivity index (χ4n) is 4.16. The molecule has 3 rings (SSSR count). The maximum atomic E-state index is 13.2. The number of benzene rings is 1. The molecule has 0 aliphatic carbocycles. The molecule has 1 amide bonds. The summed E-state index contributed by atoms with van der Waals surface area (Å²) in [5.74, 6) is 0.582. The average Bonchev–Trinajstić information content (AvgIpc) is 2.55. The lowest BCUT2D eigenvalue weighted by atomic mass is 9.84. The molecule has 126 valence electrons. The molecular weight excluding hydrogens is 291 g/mol. The van der Waals surface area contributed by atoms with Crippen molar-refractivity contribution in [3.63, 3.8) is 0 Å². The van der Waals surface area contributed by atoms with Crippen LogP contribution < -0.4 is 0 Å². The van der Waals surface area contributed by atoms with Gasteiger partial charge in [-0.25, -0.2) is 4.39 Å². The van der Waals surface area contributed by atoms with Crippen LogP contribution in [0.25, 0.3) is 0 Å². The lowest BCUT2D eigenvalue weighted by molar-refractivity contribution is -0.132. The van der Waals surface area contributed by atoms with E-state index < -0.39 is 0 Å². The van der Waals surface area contributed by atoms with Gasteiger partial charge >= 0.3 is 0 Å². The van der Waals surface area contributed by atoms with E-state index in [0.717, 1.165) is 37.4 Å². The molecule has 0 aromatic heterocycles. The van der Waals surface area contributed by atoms with Gasteiger partial charge in [-0.3, -0.25) is 4.79 Å². The minimum absolute atomic E-state index is 0.131. The summed E-state index contributed by atoms with van der Waals surface area (Å²) in [7, 11) is 2.24. The fraction of sp³-hybridized carbons (Fsp3) is 0.632. The number of halogens is 1. The third kappa shape index (κ3) is 4.11. The molecular formula is C19H27FN2O. The highest BCUT2D eigenvalue weighted by atomic mass is 19.1. The van der Waals surface area contributed by atoms with Crippen LogP contribution in [-0.2, 0) is 11.2 Å². The van der Waals surface area contributed by atoms with Gasteiger partial charge in [-0.05, 0) is 62.9 Å². The summed E-state index contributed by atoms with van der Waals surface area (Å²) in [4.78, 5) is 16.9. The molecule has 2 fully saturated rings. The summed E-state index contributed by atoms with van der Waals surface area (Å²) < 4.78 is 13.2. The van der Waals surface area contributed by atoms with Crippen molar-refractivity contribution in [1.29, 1.82) is 0 Å². The standard InChI is InChI=1S/C19H27FN2O/c1-21-10-3-2-7-18(21)16-8-11-22(12-9-16)19(23)14-15-5-4-6-17(20)13-15/h4-6,13,16,18H,2-3,7-12,14H2,1H3. The topological polar surface area (TPSA) is 23.6 Å².